The molecule has 80 heavy (non-hydrogen) atoms. The number of hydrogen-bond donors (Lipinski definition) is 0. The molecular weight excluding hydrogens is 965 g/mol. The van der Waals surface area contributed by atoms with Gasteiger partial charge in [-0.15, -0.1) is 0 Å². The Hall–Kier alpha value is -10.0. The number of nitrogens with zero attached hydrogens (tertiary/aromatic N) is 2. The average Bonchev–Trinajstić information content (AvgIpc) is 3.95. The van der Waals surface area contributed by atoms with Gasteiger partial charge in [0.25, 0.3) is 0 Å². The van der Waals surface area contributed by atoms with Crippen molar-refractivity contribution in [2.45, 2.75) is 26.2 Å². The Bertz CT molecular complexity index is 4340. The summed E-state index contributed by atoms with van der Waals surface area (Å²) in [5.74, 6) is 0. The van der Waals surface area contributed by atoms with Crippen molar-refractivity contribution in [1.29, 1.82) is 0 Å². The summed E-state index contributed by atoms with van der Waals surface area (Å²) in [5, 5.41) is 4.95. The van der Waals surface area contributed by atoms with Gasteiger partial charge in [-0.05, 0) is 182 Å². The Balaban J connectivity index is 0.915. The second kappa shape index (κ2) is 22.1. The van der Waals surface area contributed by atoms with Crippen LogP contribution in [0, 0.1) is 0 Å². The first-order chi connectivity index (χ1) is 39.6. The lowest BCUT2D eigenvalue weighted by atomic mass is 9.92. The van der Waals surface area contributed by atoms with E-state index in [0.717, 1.165) is 64.2 Å². The number of para-hydroxylation sites is 2. The van der Waals surface area contributed by atoms with Crippen molar-refractivity contribution < 1.29 is 0 Å². The average molecular weight is 1030 g/mol. The van der Waals surface area contributed by atoms with Gasteiger partial charge in [0, 0.05) is 33.5 Å². The van der Waals surface area contributed by atoms with Crippen molar-refractivity contribution >= 4 is 72.3 Å². The van der Waals surface area contributed by atoms with Crippen LogP contribution in [0.25, 0.3) is 88.9 Å². The normalized spacial score (nSPS) is 14.2. The number of rotatable bonds is 12. The van der Waals surface area contributed by atoms with Crippen molar-refractivity contribution in [1.82, 2.24) is 4.57 Å². The smallest absolute Gasteiger partial charge is 0.0553 e. The van der Waals surface area contributed by atoms with E-state index in [0.29, 0.717) is 0 Å². The van der Waals surface area contributed by atoms with Gasteiger partial charge < -0.3 is 9.47 Å². The van der Waals surface area contributed by atoms with Crippen LogP contribution in [0.2, 0.25) is 0 Å². The maximum atomic E-state index is 4.63. The minimum atomic E-state index is 0.775. The highest BCUT2D eigenvalue weighted by Gasteiger charge is 2.22. The molecule has 13 rings (SSSR count). The quantitative estimate of drug-likeness (QED) is 0.111. The molecule has 0 saturated heterocycles. The van der Waals surface area contributed by atoms with Crippen LogP contribution in [-0.2, 0) is 6.42 Å². The second-order valence-electron chi connectivity index (χ2n) is 20.7. The molecule has 0 saturated carbocycles. The van der Waals surface area contributed by atoms with Crippen molar-refractivity contribution in [3.63, 3.8) is 0 Å². The van der Waals surface area contributed by atoms with Crippen molar-refractivity contribution in [3.8, 4) is 27.9 Å². The molecule has 10 aromatic rings. The molecule has 9 aromatic carbocycles. The third-order valence-electron chi connectivity index (χ3n) is 15.8. The highest BCUT2D eigenvalue weighted by atomic mass is 15.1. The third kappa shape index (κ3) is 9.74. The number of allylic oxidation sites excluding steroid dienone is 19. The van der Waals surface area contributed by atoms with E-state index in [9.17, 15) is 0 Å². The molecule has 0 radical (unpaired) electrons. The predicted molar refractivity (Wildman–Crippen MR) is 345 cm³/mol. The molecule has 0 aliphatic heterocycles. The van der Waals surface area contributed by atoms with E-state index in [-0.39, 0.29) is 0 Å². The van der Waals surface area contributed by atoms with Crippen LogP contribution in [0.1, 0.15) is 53.1 Å². The first-order valence-electron chi connectivity index (χ1n) is 27.9. The number of fused-ring (bicyclic) bond motifs is 5. The van der Waals surface area contributed by atoms with Gasteiger partial charge in [0.1, 0.15) is 0 Å². The van der Waals surface area contributed by atoms with Gasteiger partial charge in [-0.25, -0.2) is 0 Å². The molecule has 0 fully saturated rings. The molecular formula is C78H60N2. The minimum Gasteiger partial charge on any atom is -0.310 e. The molecule has 1 heterocycles. The molecule has 0 amide bonds. The van der Waals surface area contributed by atoms with Crippen LogP contribution in [-0.4, -0.2) is 4.57 Å². The van der Waals surface area contributed by atoms with E-state index < -0.39 is 0 Å². The minimum absolute atomic E-state index is 0.775. The first-order valence-corrected chi connectivity index (χ1v) is 27.9. The summed E-state index contributed by atoms with van der Waals surface area (Å²) in [6.45, 7) is 6.67. The van der Waals surface area contributed by atoms with Crippen LogP contribution in [0.3, 0.4) is 0 Å². The summed E-state index contributed by atoms with van der Waals surface area (Å²) in [5.41, 5.74) is 23.5. The molecule has 2 nitrogen and oxygen atoms in total. The fourth-order valence-electron chi connectivity index (χ4n) is 11.8. The van der Waals surface area contributed by atoms with Crippen LogP contribution < -0.4 is 4.90 Å². The van der Waals surface area contributed by atoms with Gasteiger partial charge in [0.15, 0.2) is 0 Å². The van der Waals surface area contributed by atoms with Gasteiger partial charge in [-0.1, -0.05) is 237 Å². The largest absolute Gasteiger partial charge is 0.310 e. The van der Waals surface area contributed by atoms with E-state index in [1.165, 1.54) is 88.3 Å². The monoisotopic (exact) mass is 1020 g/mol. The van der Waals surface area contributed by atoms with Crippen LogP contribution in [0.15, 0.2) is 304 Å². The summed E-state index contributed by atoms with van der Waals surface area (Å²) in [6, 6.07) is 73.5. The molecule has 2 heteroatoms. The third-order valence-corrected chi connectivity index (χ3v) is 15.8. The van der Waals surface area contributed by atoms with Crippen LogP contribution >= 0.6 is 0 Å². The molecule has 0 bridgehead atoms. The molecule has 0 N–H and O–H groups in total. The Labute approximate surface area is 470 Å². The van der Waals surface area contributed by atoms with E-state index in [1.807, 2.05) is 13.0 Å². The summed E-state index contributed by atoms with van der Waals surface area (Å²) >= 11 is 0. The summed E-state index contributed by atoms with van der Waals surface area (Å²) in [6.07, 6.45) is 38.1. The summed E-state index contributed by atoms with van der Waals surface area (Å²) < 4.78 is 2.41. The Kier molecular flexibility index (Phi) is 13.7. The van der Waals surface area contributed by atoms with E-state index in [2.05, 4.69) is 307 Å². The van der Waals surface area contributed by atoms with Crippen molar-refractivity contribution in [2.24, 2.45) is 0 Å². The number of anilines is 2. The lowest BCUT2D eigenvalue weighted by molar-refractivity contribution is 1.18. The predicted octanol–water partition coefficient (Wildman–Crippen LogP) is 21.0. The second-order valence-corrected chi connectivity index (χ2v) is 20.7. The van der Waals surface area contributed by atoms with Gasteiger partial charge in [0.2, 0.25) is 0 Å². The summed E-state index contributed by atoms with van der Waals surface area (Å²) in [4.78, 5) is 2.42. The standard InChI is InChI=1S/C78H60N2/c1-3-4-7-21-55(2)65-53-75(78-74-34-16-17-37-76(74)80(77(78)54-65)66-29-9-6-10-30-66)64-24-12-14-31-69(52-64)79(67-48-44-58(45-49-67)56-25-18-26-62(41-38-56)72-35-19-28-61-23-13-15-33-71(61)72)68-50-46-59(47-51-68)57-39-42-63(43-40-57)73-36-20-27-60-22-8-5-11-32-70(60)73/h3-11,13-24,26-31,33-54H,2,12,25,32H2,1H3/b4-3-,21-7-. The maximum Gasteiger partial charge on any atom is 0.0553 e. The maximum absolute atomic E-state index is 4.63. The van der Waals surface area contributed by atoms with Gasteiger partial charge in [0.05, 0.1) is 11.0 Å². The topological polar surface area (TPSA) is 8.17 Å². The SMILES string of the molecule is C=C(/C=C\C=C/C)c1cc(C2=CCC=CC(N(c3ccc(C4=CC=C(c5cccc6ccccc56)C=CC4)cc3)c3ccc(-c4ccc(-c5cccc6c5CC=CC=C6)cc4)cc3)=C2)c2c3ccccc3n(-c3ccccc3)c2c1. The molecule has 382 valence electrons. The van der Waals surface area contributed by atoms with E-state index >= 15 is 0 Å². The highest BCUT2D eigenvalue weighted by Crippen LogP contribution is 2.43. The molecule has 0 spiro atoms. The molecule has 0 unspecified atom stereocenters. The van der Waals surface area contributed by atoms with Crippen LogP contribution in [0.5, 0.6) is 0 Å². The molecule has 1 aromatic heterocycles. The number of hydrogen-bond acceptors (Lipinski definition) is 1. The zero-order valence-corrected chi connectivity index (χ0v) is 45.0. The van der Waals surface area contributed by atoms with Gasteiger partial charge in [-0.3, -0.25) is 0 Å². The van der Waals surface area contributed by atoms with E-state index in [1.54, 1.807) is 0 Å². The molecule has 3 aliphatic rings. The Morgan fingerprint density at radius 2 is 1.23 bits per heavy atom. The zero-order valence-electron chi connectivity index (χ0n) is 45.0. The Morgan fingerprint density at radius 3 is 2.04 bits per heavy atom. The first kappa shape index (κ1) is 49.5. The molecule has 3 aliphatic carbocycles. The van der Waals surface area contributed by atoms with Crippen molar-refractivity contribution in [3.05, 3.63) is 337 Å². The fraction of sp³-hybridized carbons (Fsp3) is 0.0513. The van der Waals surface area contributed by atoms with Crippen molar-refractivity contribution in [2.75, 3.05) is 4.90 Å². The van der Waals surface area contributed by atoms with E-state index in [4.69, 9.17) is 0 Å². The number of benzene rings is 9. The molecule has 0 atom stereocenters. The van der Waals surface area contributed by atoms with Gasteiger partial charge in [-0.2, -0.15) is 0 Å². The lowest BCUT2D eigenvalue weighted by Gasteiger charge is -2.27. The van der Waals surface area contributed by atoms with Gasteiger partial charge >= 0.3 is 0 Å². The Morgan fingerprint density at radius 1 is 0.525 bits per heavy atom. The fourth-order valence-corrected chi connectivity index (χ4v) is 11.8. The lowest BCUT2D eigenvalue weighted by Crippen LogP contribution is -2.15. The highest BCUT2D eigenvalue weighted by molar-refractivity contribution is 6.15. The number of aromatic nitrogens is 1. The summed E-state index contributed by atoms with van der Waals surface area (Å²) in [7, 11) is 0. The zero-order chi connectivity index (χ0) is 53.8. The van der Waals surface area contributed by atoms with Crippen LogP contribution in [0.4, 0.5) is 11.4 Å².